The van der Waals surface area contributed by atoms with E-state index in [9.17, 15) is 9.59 Å². The minimum Gasteiger partial charge on any atom is -0.497 e. The summed E-state index contributed by atoms with van der Waals surface area (Å²) in [5, 5.41) is 3.61. The van der Waals surface area contributed by atoms with E-state index < -0.39 is 6.04 Å². The molecule has 1 atom stereocenters. The van der Waals surface area contributed by atoms with E-state index in [4.69, 9.17) is 21.1 Å². The number of nitrogens with zero attached hydrogens (tertiary/aromatic N) is 1. The Labute approximate surface area is 150 Å². The molecular weight excluding hydrogens is 344 g/mol. The van der Waals surface area contributed by atoms with Crippen LogP contribution in [0.25, 0.3) is 0 Å². The normalized spacial score (nSPS) is 16.9. The topological polar surface area (TPSA) is 67.9 Å². The average molecular weight is 361 g/mol. The zero-order valence-corrected chi connectivity index (χ0v) is 14.5. The standard InChI is InChI=1S/C18H17ClN2O4/c1-24-13-6-7-15(16(9-13)25-2)21-17(22)10-14(18(21)23)20-12-5-3-4-11(19)8-12/h3-9,14,20H,10H2,1-2H3/t14-/m0/s1. The van der Waals surface area contributed by atoms with Crippen LogP contribution in [0.5, 0.6) is 11.5 Å². The van der Waals surface area contributed by atoms with Crippen LogP contribution in [0.2, 0.25) is 5.02 Å². The highest BCUT2D eigenvalue weighted by Gasteiger charge is 2.40. The number of hydrogen-bond donors (Lipinski definition) is 1. The maximum Gasteiger partial charge on any atom is 0.256 e. The maximum atomic E-state index is 12.8. The molecule has 0 radical (unpaired) electrons. The van der Waals surface area contributed by atoms with Gasteiger partial charge in [-0.05, 0) is 30.3 Å². The molecule has 1 aliphatic rings. The Morgan fingerprint density at radius 3 is 2.60 bits per heavy atom. The van der Waals surface area contributed by atoms with Crippen molar-refractivity contribution in [1.29, 1.82) is 0 Å². The molecule has 1 saturated heterocycles. The zero-order valence-electron chi connectivity index (χ0n) is 13.8. The summed E-state index contributed by atoms with van der Waals surface area (Å²) in [5.74, 6) is 0.333. The predicted molar refractivity (Wildman–Crippen MR) is 95.5 cm³/mol. The molecular formula is C18H17ClN2O4. The van der Waals surface area contributed by atoms with Gasteiger partial charge < -0.3 is 14.8 Å². The van der Waals surface area contributed by atoms with Crippen LogP contribution in [0.1, 0.15) is 6.42 Å². The summed E-state index contributed by atoms with van der Waals surface area (Å²) in [6.07, 6.45) is 0.0561. The van der Waals surface area contributed by atoms with Crippen LogP contribution in [0.15, 0.2) is 42.5 Å². The molecule has 0 spiro atoms. The van der Waals surface area contributed by atoms with Crippen LogP contribution in [0, 0.1) is 0 Å². The molecule has 1 fully saturated rings. The Balaban J connectivity index is 1.86. The van der Waals surface area contributed by atoms with Crippen LogP contribution in [-0.2, 0) is 9.59 Å². The zero-order chi connectivity index (χ0) is 18.0. The van der Waals surface area contributed by atoms with Gasteiger partial charge in [0.15, 0.2) is 0 Å². The smallest absolute Gasteiger partial charge is 0.256 e. The number of methoxy groups -OCH3 is 2. The number of carbonyl (C=O) groups excluding carboxylic acids is 2. The number of imide groups is 1. The van der Waals surface area contributed by atoms with Gasteiger partial charge in [-0.1, -0.05) is 17.7 Å². The third-order valence-corrected chi connectivity index (χ3v) is 4.18. The van der Waals surface area contributed by atoms with E-state index in [2.05, 4.69) is 5.32 Å². The van der Waals surface area contributed by atoms with Crippen molar-refractivity contribution in [2.45, 2.75) is 12.5 Å². The lowest BCUT2D eigenvalue weighted by Gasteiger charge is -2.19. The van der Waals surface area contributed by atoms with Gasteiger partial charge in [-0.25, -0.2) is 4.90 Å². The Hall–Kier alpha value is -2.73. The highest BCUT2D eigenvalue weighted by molar-refractivity contribution is 6.31. The summed E-state index contributed by atoms with van der Waals surface area (Å²) in [6.45, 7) is 0. The van der Waals surface area contributed by atoms with E-state index >= 15 is 0 Å². The summed E-state index contributed by atoms with van der Waals surface area (Å²) in [5.41, 5.74) is 1.08. The number of ether oxygens (including phenoxy) is 2. The average Bonchev–Trinajstić information content (AvgIpc) is 2.88. The second-order valence-electron chi connectivity index (χ2n) is 5.52. The Kier molecular flexibility index (Phi) is 4.81. The Bertz CT molecular complexity index is 824. The van der Waals surface area contributed by atoms with E-state index in [1.165, 1.54) is 14.2 Å². The molecule has 7 heteroatoms. The molecule has 2 amide bonds. The number of benzene rings is 2. The number of rotatable bonds is 5. The monoisotopic (exact) mass is 360 g/mol. The quantitative estimate of drug-likeness (QED) is 0.830. The molecule has 3 rings (SSSR count). The minimum atomic E-state index is -0.655. The van der Waals surface area contributed by atoms with Crippen molar-refractivity contribution in [3.63, 3.8) is 0 Å². The van der Waals surface area contributed by atoms with E-state index in [-0.39, 0.29) is 18.2 Å². The molecule has 130 valence electrons. The second kappa shape index (κ2) is 7.03. The molecule has 2 aromatic carbocycles. The molecule has 1 N–H and O–H groups in total. The van der Waals surface area contributed by atoms with Gasteiger partial charge in [-0.3, -0.25) is 9.59 Å². The van der Waals surface area contributed by atoms with Crippen molar-refractivity contribution < 1.29 is 19.1 Å². The van der Waals surface area contributed by atoms with Crippen molar-refractivity contribution in [3.8, 4) is 11.5 Å². The van der Waals surface area contributed by atoms with E-state index in [1.807, 2.05) is 0 Å². The van der Waals surface area contributed by atoms with Crippen LogP contribution in [-0.4, -0.2) is 32.1 Å². The summed E-state index contributed by atoms with van der Waals surface area (Å²) in [4.78, 5) is 26.3. The van der Waals surface area contributed by atoms with Crippen molar-refractivity contribution in [2.75, 3.05) is 24.4 Å². The van der Waals surface area contributed by atoms with Crippen LogP contribution in [0.4, 0.5) is 11.4 Å². The van der Waals surface area contributed by atoms with Crippen molar-refractivity contribution in [1.82, 2.24) is 0 Å². The molecule has 0 saturated carbocycles. The van der Waals surface area contributed by atoms with Crippen LogP contribution in [0.3, 0.4) is 0 Å². The second-order valence-corrected chi connectivity index (χ2v) is 5.95. The molecule has 0 aromatic heterocycles. The number of hydrogen-bond acceptors (Lipinski definition) is 5. The lowest BCUT2D eigenvalue weighted by Crippen LogP contribution is -2.35. The van der Waals surface area contributed by atoms with Gasteiger partial charge in [-0.2, -0.15) is 0 Å². The number of nitrogens with one attached hydrogen (secondary N) is 1. The largest absolute Gasteiger partial charge is 0.497 e. The first-order valence-electron chi connectivity index (χ1n) is 7.64. The van der Waals surface area contributed by atoms with E-state index in [1.54, 1.807) is 42.5 Å². The van der Waals surface area contributed by atoms with Gasteiger partial charge >= 0.3 is 0 Å². The van der Waals surface area contributed by atoms with E-state index in [0.29, 0.717) is 27.9 Å². The predicted octanol–water partition coefficient (Wildman–Crippen LogP) is 3.10. The lowest BCUT2D eigenvalue weighted by molar-refractivity contribution is -0.121. The SMILES string of the molecule is COc1ccc(N2C(=O)C[C@H](Nc3cccc(Cl)c3)C2=O)c(OC)c1. The van der Waals surface area contributed by atoms with Gasteiger partial charge in [0.05, 0.1) is 26.3 Å². The maximum absolute atomic E-state index is 12.8. The van der Waals surface area contributed by atoms with Crippen LogP contribution >= 0.6 is 11.6 Å². The molecule has 0 aliphatic carbocycles. The molecule has 0 unspecified atom stereocenters. The number of anilines is 2. The highest BCUT2D eigenvalue weighted by atomic mass is 35.5. The third-order valence-electron chi connectivity index (χ3n) is 3.94. The fourth-order valence-electron chi connectivity index (χ4n) is 2.75. The first-order chi connectivity index (χ1) is 12.0. The Morgan fingerprint density at radius 1 is 1.12 bits per heavy atom. The number of carbonyl (C=O) groups is 2. The number of amides is 2. The van der Waals surface area contributed by atoms with Crippen molar-refractivity contribution in [2.24, 2.45) is 0 Å². The van der Waals surface area contributed by atoms with E-state index in [0.717, 1.165) is 4.90 Å². The fourth-order valence-corrected chi connectivity index (χ4v) is 2.94. The summed E-state index contributed by atoms with van der Waals surface area (Å²) in [7, 11) is 3.01. The summed E-state index contributed by atoms with van der Waals surface area (Å²) < 4.78 is 10.4. The molecule has 0 bridgehead atoms. The summed E-state index contributed by atoms with van der Waals surface area (Å²) >= 11 is 5.96. The third kappa shape index (κ3) is 3.39. The van der Waals surface area contributed by atoms with Crippen LogP contribution < -0.4 is 19.7 Å². The molecule has 6 nitrogen and oxygen atoms in total. The molecule has 1 heterocycles. The fraction of sp³-hybridized carbons (Fsp3) is 0.222. The highest BCUT2D eigenvalue weighted by Crippen LogP contribution is 2.35. The van der Waals surface area contributed by atoms with Gasteiger partial charge in [0.25, 0.3) is 5.91 Å². The van der Waals surface area contributed by atoms with Gasteiger partial charge in [0.1, 0.15) is 17.5 Å². The van der Waals surface area contributed by atoms with Crippen molar-refractivity contribution in [3.05, 3.63) is 47.5 Å². The molecule has 25 heavy (non-hydrogen) atoms. The van der Waals surface area contributed by atoms with Gasteiger partial charge in [-0.15, -0.1) is 0 Å². The first-order valence-corrected chi connectivity index (χ1v) is 8.02. The lowest BCUT2D eigenvalue weighted by atomic mass is 10.2. The van der Waals surface area contributed by atoms with Gasteiger partial charge in [0, 0.05) is 16.8 Å². The van der Waals surface area contributed by atoms with Gasteiger partial charge in [0.2, 0.25) is 5.91 Å². The Morgan fingerprint density at radius 2 is 1.92 bits per heavy atom. The number of halogens is 1. The minimum absolute atomic E-state index is 0.0561. The molecule has 2 aromatic rings. The molecule has 1 aliphatic heterocycles. The first kappa shape index (κ1) is 17.1. The van der Waals surface area contributed by atoms with Crippen molar-refractivity contribution >= 4 is 34.8 Å². The summed E-state index contributed by atoms with van der Waals surface area (Å²) in [6, 6.07) is 11.3.